The average molecular weight is 455 g/mol. The maximum Gasteiger partial charge on any atom is 1.00 e. The Balaban J connectivity index is 0. The first kappa shape index (κ1) is 32.8. The molecule has 0 aromatic carbocycles. The molecule has 4 nitrogen and oxygen atoms in total. The van der Waals surface area contributed by atoms with Crippen molar-refractivity contribution in [3.63, 3.8) is 0 Å². The van der Waals surface area contributed by atoms with Gasteiger partial charge in [0.2, 0.25) is 10.4 Å². The molecule has 0 fully saturated rings. The second-order valence-corrected chi connectivity index (χ2v) is 9.46. The zero-order chi connectivity index (χ0) is 21.6. The van der Waals surface area contributed by atoms with Crippen molar-refractivity contribution in [2.75, 3.05) is 6.61 Å². The molecule has 30 heavy (non-hydrogen) atoms. The summed E-state index contributed by atoms with van der Waals surface area (Å²) >= 11 is 0. The zero-order valence-corrected chi connectivity index (χ0v) is 23.0. The van der Waals surface area contributed by atoms with Crippen molar-refractivity contribution in [1.82, 2.24) is 0 Å². The van der Waals surface area contributed by atoms with Crippen LogP contribution in [-0.2, 0) is 14.6 Å². The topological polar surface area (TPSA) is 66.4 Å². The van der Waals surface area contributed by atoms with E-state index >= 15 is 0 Å². The van der Waals surface area contributed by atoms with Gasteiger partial charge in [-0.25, -0.2) is 8.42 Å². The summed E-state index contributed by atoms with van der Waals surface area (Å²) in [6.07, 6.45) is 26.7. The second-order valence-electron chi connectivity index (χ2n) is 8.41. The van der Waals surface area contributed by atoms with Crippen LogP contribution in [0.5, 0.6) is 0 Å². The van der Waals surface area contributed by atoms with E-state index in [1.807, 2.05) is 6.08 Å². The van der Waals surface area contributed by atoms with Gasteiger partial charge >= 0.3 is 29.6 Å². The molecule has 0 heterocycles. The quantitative estimate of drug-likeness (QED) is 0.0782. The third kappa shape index (κ3) is 26.6. The molecule has 0 radical (unpaired) electrons. The van der Waals surface area contributed by atoms with Crippen LogP contribution in [0.15, 0.2) is 12.2 Å². The zero-order valence-electron chi connectivity index (χ0n) is 20.2. The Kier molecular flexibility index (Phi) is 26.5. The molecule has 0 spiro atoms. The summed E-state index contributed by atoms with van der Waals surface area (Å²) in [4.78, 5) is 0. The molecule has 0 aromatic heterocycles. The molecule has 6 heteroatoms. The van der Waals surface area contributed by atoms with E-state index in [1.54, 1.807) is 0 Å². The minimum absolute atomic E-state index is 0. The Hall–Kier alpha value is 0.610. The third-order valence-corrected chi connectivity index (χ3v) is 5.91. The largest absolute Gasteiger partial charge is 1.00 e. The van der Waals surface area contributed by atoms with Gasteiger partial charge in [0.1, 0.15) is 0 Å². The van der Waals surface area contributed by atoms with Gasteiger partial charge in [-0.2, -0.15) is 0 Å². The van der Waals surface area contributed by atoms with Crippen molar-refractivity contribution in [1.29, 1.82) is 0 Å². The van der Waals surface area contributed by atoms with Gasteiger partial charge in [-0.3, -0.25) is 4.18 Å². The summed E-state index contributed by atoms with van der Waals surface area (Å²) in [5.74, 6) is 0.0214. The summed E-state index contributed by atoms with van der Waals surface area (Å²) in [5.41, 5.74) is 0. The van der Waals surface area contributed by atoms with Crippen LogP contribution in [0, 0.1) is 5.92 Å². The van der Waals surface area contributed by atoms with Gasteiger partial charge in [-0.15, -0.1) is 0 Å². The fourth-order valence-electron chi connectivity index (χ4n) is 3.63. The van der Waals surface area contributed by atoms with Crippen molar-refractivity contribution in [3.05, 3.63) is 12.2 Å². The Morgan fingerprint density at radius 2 is 1.17 bits per heavy atom. The Bertz CT molecular complexity index is 466. The van der Waals surface area contributed by atoms with E-state index in [-0.39, 0.29) is 42.1 Å². The molecule has 0 amide bonds. The van der Waals surface area contributed by atoms with Crippen LogP contribution in [-0.4, -0.2) is 19.6 Å². The molecule has 174 valence electrons. The molecular formula is C24H47NaO4S. The van der Waals surface area contributed by atoms with E-state index < -0.39 is 10.4 Å². The van der Waals surface area contributed by atoms with Crippen molar-refractivity contribution >= 4 is 10.4 Å². The summed E-state index contributed by atoms with van der Waals surface area (Å²) in [6.45, 7) is 4.42. The van der Waals surface area contributed by atoms with E-state index in [9.17, 15) is 13.0 Å². The third-order valence-electron chi connectivity index (χ3n) is 5.49. The van der Waals surface area contributed by atoms with Crippen molar-refractivity contribution in [2.24, 2.45) is 5.92 Å². The molecule has 0 aliphatic heterocycles. The molecule has 0 rings (SSSR count). The van der Waals surface area contributed by atoms with Crippen molar-refractivity contribution in [2.45, 2.75) is 129 Å². The van der Waals surface area contributed by atoms with Crippen LogP contribution < -0.4 is 29.6 Å². The molecule has 0 bridgehead atoms. The minimum atomic E-state index is -4.60. The summed E-state index contributed by atoms with van der Waals surface area (Å²) in [5, 5.41) is 0. The van der Waals surface area contributed by atoms with Gasteiger partial charge in [0.05, 0.1) is 6.61 Å². The van der Waals surface area contributed by atoms with E-state index in [0.29, 0.717) is 0 Å². The average Bonchev–Trinajstić information content (AvgIpc) is 2.68. The molecular weight excluding hydrogens is 407 g/mol. The molecule has 0 aliphatic rings. The van der Waals surface area contributed by atoms with Gasteiger partial charge in [0.25, 0.3) is 0 Å². The molecule has 0 saturated carbocycles. The van der Waals surface area contributed by atoms with E-state index in [1.165, 1.54) is 89.9 Å². The fourth-order valence-corrected chi connectivity index (χ4v) is 3.97. The predicted octanol–water partition coefficient (Wildman–Crippen LogP) is 4.70. The van der Waals surface area contributed by atoms with Crippen LogP contribution in [0.2, 0.25) is 0 Å². The van der Waals surface area contributed by atoms with E-state index in [2.05, 4.69) is 24.1 Å². The monoisotopic (exact) mass is 454 g/mol. The van der Waals surface area contributed by atoms with Crippen LogP contribution in [0.1, 0.15) is 129 Å². The SMILES string of the molecule is CCCCC/C=C/C(CCCCCCCCCCCCCCC)COS(=O)(=O)[O-].[Na+]. The first-order valence-electron chi connectivity index (χ1n) is 12.3. The summed E-state index contributed by atoms with van der Waals surface area (Å²) in [6, 6.07) is 0. The Morgan fingerprint density at radius 3 is 1.63 bits per heavy atom. The van der Waals surface area contributed by atoms with Crippen LogP contribution in [0.25, 0.3) is 0 Å². The number of hydrogen-bond acceptors (Lipinski definition) is 4. The molecule has 1 unspecified atom stereocenters. The van der Waals surface area contributed by atoms with Gasteiger partial charge in [-0.1, -0.05) is 122 Å². The Labute approximate surface area is 210 Å². The van der Waals surface area contributed by atoms with Gasteiger partial charge in [0.15, 0.2) is 0 Å². The molecule has 0 aliphatic carbocycles. The smallest absolute Gasteiger partial charge is 0.726 e. The fraction of sp³-hybridized carbons (Fsp3) is 0.917. The molecule has 0 N–H and O–H groups in total. The minimum Gasteiger partial charge on any atom is -0.726 e. The summed E-state index contributed by atoms with van der Waals surface area (Å²) in [7, 11) is -4.60. The van der Waals surface area contributed by atoms with Crippen molar-refractivity contribution < 1.29 is 46.7 Å². The van der Waals surface area contributed by atoms with E-state index in [0.717, 1.165) is 25.7 Å². The van der Waals surface area contributed by atoms with Gasteiger partial charge < -0.3 is 4.55 Å². The molecule has 1 atom stereocenters. The normalized spacial score (nSPS) is 12.9. The standard InChI is InChI=1S/C24H48O4S.Na/c1-3-5-7-9-10-11-12-13-14-15-16-18-20-22-24(23-28-29(25,26)27)21-19-17-8-6-4-2;/h19,21,24H,3-18,20,22-23H2,1-2H3,(H,25,26,27);/q;+1/p-1/b21-19+;. The summed E-state index contributed by atoms with van der Waals surface area (Å²) < 4.78 is 36.7. The Morgan fingerprint density at radius 1 is 0.733 bits per heavy atom. The molecule has 0 saturated heterocycles. The van der Waals surface area contributed by atoms with Gasteiger partial charge in [0, 0.05) is 5.92 Å². The number of allylic oxidation sites excluding steroid dienone is 1. The predicted molar refractivity (Wildman–Crippen MR) is 123 cm³/mol. The number of unbranched alkanes of at least 4 members (excludes halogenated alkanes) is 15. The van der Waals surface area contributed by atoms with Crippen LogP contribution >= 0.6 is 0 Å². The second kappa shape index (κ2) is 24.3. The number of hydrogen-bond donors (Lipinski definition) is 0. The van der Waals surface area contributed by atoms with Crippen LogP contribution in [0.3, 0.4) is 0 Å². The molecule has 0 aromatic rings. The van der Waals surface area contributed by atoms with Crippen LogP contribution in [0.4, 0.5) is 0 Å². The first-order valence-corrected chi connectivity index (χ1v) is 13.6. The first-order chi connectivity index (χ1) is 14.0. The van der Waals surface area contributed by atoms with E-state index in [4.69, 9.17) is 0 Å². The van der Waals surface area contributed by atoms with Gasteiger partial charge in [-0.05, 0) is 19.3 Å². The maximum atomic E-state index is 10.7. The maximum absolute atomic E-state index is 10.7. The number of rotatable bonds is 22. The van der Waals surface area contributed by atoms with Crippen molar-refractivity contribution in [3.8, 4) is 0 Å².